The molecule has 1 N–H and O–H groups in total. The van der Waals surface area contributed by atoms with Crippen molar-refractivity contribution < 1.29 is 4.74 Å². The fourth-order valence-corrected chi connectivity index (χ4v) is 5.02. The van der Waals surface area contributed by atoms with E-state index in [0.717, 1.165) is 64.1 Å². The van der Waals surface area contributed by atoms with Crippen molar-refractivity contribution >= 4 is 23.0 Å². The van der Waals surface area contributed by atoms with Gasteiger partial charge in [0.05, 0.1) is 7.11 Å². The van der Waals surface area contributed by atoms with Crippen molar-refractivity contribution in [2.75, 3.05) is 64.9 Å². The molecule has 0 amide bonds. The molecule has 2 aliphatic heterocycles. The first-order valence-electron chi connectivity index (χ1n) is 10.4. The molecule has 4 rings (SSSR count). The first-order valence-corrected chi connectivity index (χ1v) is 11.3. The average Bonchev–Trinajstić information content (AvgIpc) is 3.25. The number of hydrogen-bond acceptors (Lipinski definition) is 5. The third-order valence-corrected chi connectivity index (χ3v) is 6.85. The second kappa shape index (κ2) is 9.50. The Morgan fingerprint density at radius 1 is 1.10 bits per heavy atom. The number of guanidine groups is 1. The number of ether oxygens (including phenoxy) is 1. The number of methoxy groups -OCH3 is 1. The highest BCUT2D eigenvalue weighted by Gasteiger charge is 2.21. The summed E-state index contributed by atoms with van der Waals surface area (Å²) in [7, 11) is 3.59. The second-order valence-electron chi connectivity index (χ2n) is 7.54. The number of nitrogens with zero attached hydrogens (tertiary/aromatic N) is 4. The van der Waals surface area contributed by atoms with Gasteiger partial charge in [-0.25, -0.2) is 0 Å². The lowest BCUT2D eigenvalue weighted by Crippen LogP contribution is -2.53. The molecule has 1 fully saturated rings. The Kier molecular flexibility index (Phi) is 6.56. The van der Waals surface area contributed by atoms with Gasteiger partial charge >= 0.3 is 0 Å². The molecule has 29 heavy (non-hydrogen) atoms. The van der Waals surface area contributed by atoms with E-state index in [1.54, 1.807) is 12.0 Å². The minimum atomic E-state index is 0.904. The van der Waals surface area contributed by atoms with Crippen LogP contribution >= 0.6 is 11.3 Å². The number of fused-ring (bicyclic) bond motifs is 1. The number of piperazine rings is 1. The van der Waals surface area contributed by atoms with Crippen LogP contribution in [-0.4, -0.2) is 75.7 Å². The van der Waals surface area contributed by atoms with Crippen LogP contribution in [0.1, 0.15) is 10.4 Å². The molecular weight excluding hydrogens is 382 g/mol. The van der Waals surface area contributed by atoms with Crippen LogP contribution in [-0.2, 0) is 13.0 Å². The van der Waals surface area contributed by atoms with E-state index in [1.165, 1.54) is 17.7 Å². The Morgan fingerprint density at radius 3 is 2.62 bits per heavy atom. The van der Waals surface area contributed by atoms with Gasteiger partial charge in [0.2, 0.25) is 0 Å². The average molecular weight is 414 g/mol. The van der Waals surface area contributed by atoms with Crippen LogP contribution in [0, 0.1) is 0 Å². The van der Waals surface area contributed by atoms with E-state index in [2.05, 4.69) is 48.6 Å². The van der Waals surface area contributed by atoms with Crippen molar-refractivity contribution in [3.05, 3.63) is 46.2 Å². The van der Waals surface area contributed by atoms with Crippen molar-refractivity contribution in [2.24, 2.45) is 4.99 Å². The highest BCUT2D eigenvalue weighted by atomic mass is 32.1. The van der Waals surface area contributed by atoms with Gasteiger partial charge in [-0.15, -0.1) is 11.3 Å². The number of hydrogen-bond donors (Lipinski definition) is 1. The van der Waals surface area contributed by atoms with E-state index in [-0.39, 0.29) is 0 Å². The molecule has 0 unspecified atom stereocenters. The quantitative estimate of drug-likeness (QED) is 0.603. The van der Waals surface area contributed by atoms with Gasteiger partial charge in [-0.3, -0.25) is 9.89 Å². The summed E-state index contributed by atoms with van der Waals surface area (Å²) in [6.07, 6.45) is 1.19. The van der Waals surface area contributed by atoms with Gasteiger partial charge in [-0.1, -0.05) is 0 Å². The summed E-state index contributed by atoms with van der Waals surface area (Å²) in [6.45, 7) is 8.19. The molecule has 1 aromatic carbocycles. The SMILES string of the molecule is CN=C(NCCN1CCc2sccc2C1)N1CCN(c2ccc(OC)cc2)CC1. The van der Waals surface area contributed by atoms with E-state index in [4.69, 9.17) is 4.74 Å². The number of benzene rings is 1. The van der Waals surface area contributed by atoms with Crippen LogP contribution < -0.4 is 15.0 Å². The fraction of sp³-hybridized carbons (Fsp3) is 0.500. The zero-order valence-corrected chi connectivity index (χ0v) is 18.2. The summed E-state index contributed by atoms with van der Waals surface area (Å²) in [6, 6.07) is 10.6. The maximum absolute atomic E-state index is 5.26. The topological polar surface area (TPSA) is 43.3 Å². The highest BCUT2D eigenvalue weighted by molar-refractivity contribution is 7.10. The standard InChI is InChI=1S/C22H31N5OS/c1-23-22(24-9-11-25-10-7-21-18(17-25)8-16-29-21)27-14-12-26(13-15-27)19-3-5-20(28-2)6-4-19/h3-6,8,16H,7,9-15,17H2,1-2H3,(H,23,24). The number of thiophene rings is 1. The molecule has 7 heteroatoms. The van der Waals surface area contributed by atoms with E-state index < -0.39 is 0 Å². The molecule has 0 bridgehead atoms. The molecule has 156 valence electrons. The summed E-state index contributed by atoms with van der Waals surface area (Å²) >= 11 is 1.90. The summed E-state index contributed by atoms with van der Waals surface area (Å²) in [4.78, 5) is 13.4. The lowest BCUT2D eigenvalue weighted by molar-refractivity contribution is 0.258. The van der Waals surface area contributed by atoms with E-state index in [9.17, 15) is 0 Å². The highest BCUT2D eigenvalue weighted by Crippen LogP contribution is 2.23. The smallest absolute Gasteiger partial charge is 0.193 e. The molecular formula is C22H31N5OS. The van der Waals surface area contributed by atoms with E-state index >= 15 is 0 Å². The van der Waals surface area contributed by atoms with Crippen molar-refractivity contribution in [1.82, 2.24) is 15.1 Å². The third-order valence-electron chi connectivity index (χ3n) is 5.83. The predicted octanol–water partition coefficient (Wildman–Crippen LogP) is 2.51. The maximum Gasteiger partial charge on any atom is 0.193 e. The summed E-state index contributed by atoms with van der Waals surface area (Å²) < 4.78 is 5.26. The monoisotopic (exact) mass is 413 g/mol. The van der Waals surface area contributed by atoms with E-state index in [1.807, 2.05) is 30.5 Å². The molecule has 2 aromatic rings. The minimum absolute atomic E-state index is 0.904. The van der Waals surface area contributed by atoms with Crippen LogP contribution in [0.4, 0.5) is 5.69 Å². The number of aliphatic imine (C=N–C) groups is 1. The van der Waals surface area contributed by atoms with Crippen LogP contribution in [0.25, 0.3) is 0 Å². The van der Waals surface area contributed by atoms with Gasteiger partial charge in [0.1, 0.15) is 5.75 Å². The molecule has 1 aromatic heterocycles. The van der Waals surface area contributed by atoms with Gasteiger partial charge in [-0.05, 0) is 47.7 Å². The van der Waals surface area contributed by atoms with Gasteiger partial charge in [0.25, 0.3) is 0 Å². The second-order valence-corrected chi connectivity index (χ2v) is 8.54. The normalized spacial score (nSPS) is 17.9. The minimum Gasteiger partial charge on any atom is -0.497 e. The molecule has 0 radical (unpaired) electrons. The molecule has 0 spiro atoms. The van der Waals surface area contributed by atoms with Crippen molar-refractivity contribution in [2.45, 2.75) is 13.0 Å². The van der Waals surface area contributed by atoms with Gasteiger partial charge in [0, 0.05) is 70.0 Å². The zero-order valence-electron chi connectivity index (χ0n) is 17.4. The van der Waals surface area contributed by atoms with Crippen LogP contribution in [0.2, 0.25) is 0 Å². The third kappa shape index (κ3) is 4.85. The Bertz CT molecular complexity index is 811. The molecule has 0 aliphatic carbocycles. The predicted molar refractivity (Wildman–Crippen MR) is 121 cm³/mol. The van der Waals surface area contributed by atoms with Crippen LogP contribution in [0.5, 0.6) is 5.75 Å². The number of anilines is 1. The van der Waals surface area contributed by atoms with Crippen molar-refractivity contribution in [1.29, 1.82) is 0 Å². The largest absolute Gasteiger partial charge is 0.497 e. The van der Waals surface area contributed by atoms with Gasteiger partial charge < -0.3 is 19.9 Å². The Morgan fingerprint density at radius 2 is 1.90 bits per heavy atom. The Hall–Kier alpha value is -2.25. The first-order chi connectivity index (χ1) is 14.3. The molecule has 2 aliphatic rings. The summed E-state index contributed by atoms with van der Waals surface area (Å²) in [5, 5.41) is 5.80. The molecule has 0 saturated carbocycles. The van der Waals surface area contributed by atoms with Gasteiger partial charge in [0.15, 0.2) is 5.96 Å². The zero-order chi connectivity index (χ0) is 20.1. The number of rotatable bonds is 5. The maximum atomic E-state index is 5.26. The van der Waals surface area contributed by atoms with E-state index in [0.29, 0.717) is 0 Å². The van der Waals surface area contributed by atoms with Crippen LogP contribution in [0.15, 0.2) is 40.7 Å². The molecule has 6 nitrogen and oxygen atoms in total. The van der Waals surface area contributed by atoms with Crippen molar-refractivity contribution in [3.63, 3.8) is 0 Å². The van der Waals surface area contributed by atoms with Crippen LogP contribution in [0.3, 0.4) is 0 Å². The fourth-order valence-electron chi connectivity index (χ4n) is 4.13. The van der Waals surface area contributed by atoms with Crippen molar-refractivity contribution in [3.8, 4) is 5.75 Å². The summed E-state index contributed by atoms with van der Waals surface area (Å²) in [5.74, 6) is 1.92. The summed E-state index contributed by atoms with van der Waals surface area (Å²) in [5.41, 5.74) is 2.77. The Balaban J connectivity index is 1.22. The molecule has 0 atom stereocenters. The number of nitrogens with one attached hydrogen (secondary N) is 1. The lowest BCUT2D eigenvalue weighted by Gasteiger charge is -2.38. The molecule has 3 heterocycles. The molecule has 1 saturated heterocycles. The lowest BCUT2D eigenvalue weighted by atomic mass is 10.1. The van der Waals surface area contributed by atoms with Gasteiger partial charge in [-0.2, -0.15) is 0 Å². The Labute approximate surface area is 177 Å². The first kappa shape index (κ1) is 20.0.